The van der Waals surface area contributed by atoms with Gasteiger partial charge >= 0.3 is 0 Å². The standard InChI is InChI=1S/C24H29F2N5O4S/c1-29(11-12-35-3)23(32)15-30(2)36(33,34)17-6-7-22(31-10-8-24(25,26)16-31)18(13-17)20-14-21-19(28-20)5-4-9-27-21/h4-7,9,13-14,28H,8,10-12,15-16H2,1-3H3. The van der Waals surface area contributed by atoms with Gasteiger partial charge in [0.05, 0.1) is 41.3 Å². The predicted octanol–water partition coefficient (Wildman–Crippen LogP) is 2.80. The Bertz CT molecular complexity index is 1330. The third kappa shape index (κ3) is 5.35. The third-order valence-corrected chi connectivity index (χ3v) is 8.08. The van der Waals surface area contributed by atoms with E-state index >= 15 is 0 Å². The molecule has 0 radical (unpaired) electrons. The first-order valence-corrected chi connectivity index (χ1v) is 12.9. The van der Waals surface area contributed by atoms with Crippen molar-refractivity contribution in [2.24, 2.45) is 0 Å². The molecule has 12 heteroatoms. The lowest BCUT2D eigenvalue weighted by Gasteiger charge is -2.24. The van der Waals surface area contributed by atoms with Gasteiger partial charge in [0.1, 0.15) is 0 Å². The molecule has 1 fully saturated rings. The highest BCUT2D eigenvalue weighted by Crippen LogP contribution is 2.39. The fraction of sp³-hybridized carbons (Fsp3) is 0.417. The lowest BCUT2D eigenvalue weighted by atomic mass is 10.1. The molecule has 1 N–H and O–H groups in total. The maximum absolute atomic E-state index is 14.0. The summed E-state index contributed by atoms with van der Waals surface area (Å²) < 4.78 is 60.7. The van der Waals surface area contributed by atoms with Gasteiger partial charge in [-0.3, -0.25) is 9.78 Å². The van der Waals surface area contributed by atoms with E-state index in [-0.39, 0.29) is 30.3 Å². The number of nitrogens with one attached hydrogen (secondary N) is 1. The summed E-state index contributed by atoms with van der Waals surface area (Å²) in [6.45, 7) is 0.00322. The van der Waals surface area contributed by atoms with E-state index in [4.69, 9.17) is 4.74 Å². The monoisotopic (exact) mass is 521 g/mol. The minimum Gasteiger partial charge on any atom is -0.383 e. The fourth-order valence-corrected chi connectivity index (χ4v) is 5.29. The molecular weight excluding hydrogens is 492 g/mol. The summed E-state index contributed by atoms with van der Waals surface area (Å²) in [6, 6.07) is 9.75. The molecular formula is C24H29F2N5O4S. The van der Waals surface area contributed by atoms with Gasteiger partial charge < -0.3 is 19.5 Å². The van der Waals surface area contributed by atoms with E-state index in [1.807, 2.05) is 6.07 Å². The zero-order chi connectivity index (χ0) is 26.1. The first-order chi connectivity index (χ1) is 17.0. The lowest BCUT2D eigenvalue weighted by Crippen LogP contribution is -2.40. The van der Waals surface area contributed by atoms with Crippen molar-refractivity contribution in [2.45, 2.75) is 17.2 Å². The van der Waals surface area contributed by atoms with E-state index in [2.05, 4.69) is 9.97 Å². The van der Waals surface area contributed by atoms with Crippen molar-refractivity contribution < 1.29 is 26.7 Å². The Morgan fingerprint density at radius 3 is 2.69 bits per heavy atom. The first kappa shape index (κ1) is 26.0. The number of halogens is 2. The Hall–Kier alpha value is -3.09. The molecule has 4 rings (SSSR count). The molecule has 0 bridgehead atoms. The van der Waals surface area contributed by atoms with E-state index in [9.17, 15) is 22.0 Å². The number of ether oxygens (including phenoxy) is 1. The van der Waals surface area contributed by atoms with Crippen LogP contribution in [0, 0.1) is 0 Å². The third-order valence-electron chi connectivity index (χ3n) is 6.28. The van der Waals surface area contributed by atoms with E-state index in [0.717, 1.165) is 9.82 Å². The van der Waals surface area contributed by atoms with Crippen LogP contribution < -0.4 is 4.90 Å². The lowest BCUT2D eigenvalue weighted by molar-refractivity contribution is -0.130. The number of fused-ring (bicyclic) bond motifs is 1. The number of carbonyl (C=O) groups is 1. The molecule has 2 aromatic heterocycles. The molecule has 0 spiro atoms. The van der Waals surface area contributed by atoms with E-state index in [1.54, 1.807) is 36.3 Å². The molecule has 0 aliphatic carbocycles. The number of amides is 1. The first-order valence-electron chi connectivity index (χ1n) is 11.4. The minimum atomic E-state index is -4.05. The van der Waals surface area contributed by atoms with Crippen molar-refractivity contribution in [3.05, 3.63) is 42.6 Å². The van der Waals surface area contributed by atoms with Crippen molar-refractivity contribution in [3.8, 4) is 11.3 Å². The number of anilines is 1. The van der Waals surface area contributed by atoms with Gasteiger partial charge in [0.15, 0.2) is 0 Å². The summed E-state index contributed by atoms with van der Waals surface area (Å²) in [5.74, 6) is -3.20. The van der Waals surface area contributed by atoms with E-state index in [1.165, 1.54) is 31.2 Å². The van der Waals surface area contributed by atoms with Gasteiger partial charge in [0.2, 0.25) is 15.9 Å². The van der Waals surface area contributed by atoms with E-state index in [0.29, 0.717) is 35.6 Å². The summed E-state index contributed by atoms with van der Waals surface area (Å²) in [6.07, 6.45) is 1.36. The molecule has 1 saturated heterocycles. The van der Waals surface area contributed by atoms with Crippen LogP contribution in [0.2, 0.25) is 0 Å². The van der Waals surface area contributed by atoms with Crippen LogP contribution in [0.5, 0.6) is 0 Å². The average Bonchev–Trinajstić information content (AvgIpc) is 3.44. The van der Waals surface area contributed by atoms with Crippen LogP contribution >= 0.6 is 0 Å². The Balaban J connectivity index is 1.70. The van der Waals surface area contributed by atoms with Crippen LogP contribution in [0.4, 0.5) is 14.5 Å². The molecule has 1 amide bonds. The molecule has 3 heterocycles. The largest absolute Gasteiger partial charge is 0.383 e. The zero-order valence-electron chi connectivity index (χ0n) is 20.4. The number of H-pyrrole nitrogens is 1. The van der Waals surface area contributed by atoms with Crippen molar-refractivity contribution in [1.82, 2.24) is 19.2 Å². The van der Waals surface area contributed by atoms with Gasteiger partial charge in [-0.05, 0) is 36.4 Å². The number of alkyl halides is 2. The summed E-state index contributed by atoms with van der Waals surface area (Å²) in [5.41, 5.74) is 2.92. The second-order valence-electron chi connectivity index (χ2n) is 8.89. The highest BCUT2D eigenvalue weighted by molar-refractivity contribution is 7.89. The number of sulfonamides is 1. The van der Waals surface area contributed by atoms with Crippen molar-refractivity contribution in [3.63, 3.8) is 0 Å². The normalized spacial score (nSPS) is 15.7. The molecule has 194 valence electrons. The summed E-state index contributed by atoms with van der Waals surface area (Å²) >= 11 is 0. The molecule has 0 saturated carbocycles. The smallest absolute Gasteiger partial charge is 0.266 e. The van der Waals surface area contributed by atoms with Gasteiger partial charge in [-0.2, -0.15) is 4.31 Å². The van der Waals surface area contributed by atoms with Crippen molar-refractivity contribution >= 4 is 32.7 Å². The minimum absolute atomic E-state index is 0.0475. The number of benzene rings is 1. The Labute approximate surface area is 208 Å². The fourth-order valence-electron chi connectivity index (χ4n) is 4.14. The summed E-state index contributed by atoms with van der Waals surface area (Å²) in [4.78, 5) is 22.9. The SMILES string of the molecule is COCCN(C)C(=O)CN(C)S(=O)(=O)c1ccc(N2CCC(F)(F)C2)c(-c2cc3ncccc3[nH]2)c1. The molecule has 0 unspecified atom stereocenters. The maximum Gasteiger partial charge on any atom is 0.266 e. The quantitative estimate of drug-likeness (QED) is 0.465. The van der Waals surface area contributed by atoms with Gasteiger partial charge in [-0.25, -0.2) is 17.2 Å². The van der Waals surface area contributed by atoms with Crippen molar-refractivity contribution in [1.29, 1.82) is 0 Å². The second-order valence-corrected chi connectivity index (χ2v) is 10.9. The number of nitrogens with zero attached hydrogens (tertiary/aromatic N) is 4. The maximum atomic E-state index is 14.0. The highest BCUT2D eigenvalue weighted by atomic mass is 32.2. The molecule has 1 aromatic carbocycles. The number of rotatable bonds is 9. The van der Waals surface area contributed by atoms with E-state index < -0.39 is 22.5 Å². The second kappa shape index (κ2) is 10.1. The van der Waals surface area contributed by atoms with Crippen LogP contribution in [-0.4, -0.2) is 93.4 Å². The van der Waals surface area contributed by atoms with Gasteiger partial charge in [-0.1, -0.05) is 0 Å². The van der Waals surface area contributed by atoms with Crippen LogP contribution in [-0.2, 0) is 19.6 Å². The van der Waals surface area contributed by atoms with Crippen molar-refractivity contribution in [2.75, 3.05) is 58.9 Å². The topological polar surface area (TPSA) is 98.8 Å². The Kier molecular flexibility index (Phi) is 7.30. The highest BCUT2D eigenvalue weighted by Gasteiger charge is 2.39. The number of aromatic amines is 1. The molecule has 1 aliphatic heterocycles. The number of carbonyl (C=O) groups excluding carboxylic acids is 1. The number of likely N-dealkylation sites (N-methyl/N-ethyl adjacent to an activating group) is 2. The van der Waals surface area contributed by atoms with Crippen LogP contribution in [0.15, 0.2) is 47.5 Å². The van der Waals surface area contributed by atoms with Crippen LogP contribution in [0.1, 0.15) is 6.42 Å². The van der Waals surface area contributed by atoms with Gasteiger partial charge in [0, 0.05) is 58.2 Å². The van der Waals surface area contributed by atoms with Crippen LogP contribution in [0.3, 0.4) is 0 Å². The van der Waals surface area contributed by atoms with Crippen LogP contribution in [0.25, 0.3) is 22.3 Å². The number of methoxy groups -OCH3 is 1. The summed E-state index contributed by atoms with van der Waals surface area (Å²) in [5, 5.41) is 0. The number of hydrogen-bond donors (Lipinski definition) is 1. The number of aromatic nitrogens is 2. The zero-order valence-corrected chi connectivity index (χ0v) is 21.2. The molecule has 9 nitrogen and oxygen atoms in total. The molecule has 0 atom stereocenters. The Morgan fingerprint density at radius 2 is 2.03 bits per heavy atom. The molecule has 36 heavy (non-hydrogen) atoms. The Morgan fingerprint density at radius 1 is 1.25 bits per heavy atom. The molecule has 1 aliphatic rings. The van der Waals surface area contributed by atoms with Gasteiger partial charge in [0.25, 0.3) is 5.92 Å². The number of pyridine rings is 1. The molecule has 3 aromatic rings. The number of hydrogen-bond acceptors (Lipinski definition) is 6. The average molecular weight is 522 g/mol. The summed E-state index contributed by atoms with van der Waals surface area (Å²) in [7, 11) is 0.369. The van der Waals surface area contributed by atoms with Gasteiger partial charge in [-0.15, -0.1) is 0 Å². The predicted molar refractivity (Wildman–Crippen MR) is 133 cm³/mol.